The van der Waals surface area contributed by atoms with Crippen LogP contribution in [0.2, 0.25) is 0 Å². The van der Waals surface area contributed by atoms with Crippen molar-refractivity contribution >= 4 is 16.5 Å². The standard InChI is InChI=1S/C14H18N2OS/c1-3-8-15-14-16-9-13(18-14)12-6-4-11(5-7-12)10-17-2/h4-7,9H,3,8,10H2,1-2H3,(H,15,16). The molecular formula is C14H18N2OS. The minimum atomic E-state index is 0.659. The lowest BCUT2D eigenvalue weighted by Gasteiger charge is -2.01. The maximum absolute atomic E-state index is 5.10. The molecule has 1 heterocycles. The zero-order valence-corrected chi connectivity index (χ0v) is 11.6. The number of nitrogens with one attached hydrogen (secondary N) is 1. The Bertz CT molecular complexity index is 479. The highest BCUT2D eigenvalue weighted by molar-refractivity contribution is 7.18. The molecule has 2 rings (SSSR count). The van der Waals surface area contributed by atoms with Crippen molar-refractivity contribution in [1.82, 2.24) is 4.98 Å². The highest BCUT2D eigenvalue weighted by Gasteiger charge is 2.03. The fourth-order valence-electron chi connectivity index (χ4n) is 1.65. The zero-order chi connectivity index (χ0) is 12.8. The molecule has 0 unspecified atom stereocenters. The second-order valence-corrected chi connectivity index (χ2v) is 5.12. The molecule has 3 nitrogen and oxygen atoms in total. The molecule has 0 fully saturated rings. The van der Waals surface area contributed by atoms with Gasteiger partial charge in [-0.3, -0.25) is 0 Å². The third kappa shape index (κ3) is 3.31. The van der Waals surface area contributed by atoms with E-state index in [4.69, 9.17) is 4.74 Å². The molecule has 1 aromatic heterocycles. The average Bonchev–Trinajstić information content (AvgIpc) is 2.86. The summed E-state index contributed by atoms with van der Waals surface area (Å²) in [7, 11) is 1.71. The molecule has 0 aliphatic heterocycles. The van der Waals surface area contributed by atoms with Crippen LogP contribution in [0.25, 0.3) is 10.4 Å². The van der Waals surface area contributed by atoms with Crippen LogP contribution in [0, 0.1) is 0 Å². The number of anilines is 1. The number of ether oxygens (including phenoxy) is 1. The van der Waals surface area contributed by atoms with E-state index in [0.29, 0.717) is 6.61 Å². The van der Waals surface area contributed by atoms with E-state index in [1.807, 2.05) is 6.20 Å². The first kappa shape index (κ1) is 13.1. The normalized spacial score (nSPS) is 10.6. The van der Waals surface area contributed by atoms with Gasteiger partial charge in [-0.15, -0.1) is 0 Å². The van der Waals surface area contributed by atoms with E-state index in [1.165, 1.54) is 16.0 Å². The van der Waals surface area contributed by atoms with Crippen LogP contribution in [0.3, 0.4) is 0 Å². The molecule has 1 N–H and O–H groups in total. The lowest BCUT2D eigenvalue weighted by Crippen LogP contribution is -1.97. The maximum atomic E-state index is 5.10. The van der Waals surface area contributed by atoms with Crippen LogP contribution in [-0.2, 0) is 11.3 Å². The molecule has 0 spiro atoms. The van der Waals surface area contributed by atoms with Gasteiger partial charge in [0.25, 0.3) is 0 Å². The number of nitrogens with zero attached hydrogens (tertiary/aromatic N) is 1. The fraction of sp³-hybridized carbons (Fsp3) is 0.357. The van der Waals surface area contributed by atoms with Gasteiger partial charge in [0, 0.05) is 19.9 Å². The second-order valence-electron chi connectivity index (χ2n) is 4.09. The summed E-state index contributed by atoms with van der Waals surface area (Å²) in [5.41, 5.74) is 2.40. The van der Waals surface area contributed by atoms with Crippen LogP contribution in [0.1, 0.15) is 18.9 Å². The quantitative estimate of drug-likeness (QED) is 0.860. The molecule has 96 valence electrons. The van der Waals surface area contributed by atoms with Gasteiger partial charge in [-0.25, -0.2) is 4.98 Å². The van der Waals surface area contributed by atoms with Crippen molar-refractivity contribution in [1.29, 1.82) is 0 Å². The van der Waals surface area contributed by atoms with Crippen molar-refractivity contribution in [2.75, 3.05) is 19.0 Å². The number of hydrogen-bond donors (Lipinski definition) is 1. The largest absolute Gasteiger partial charge is 0.380 e. The van der Waals surface area contributed by atoms with Crippen LogP contribution >= 0.6 is 11.3 Å². The molecular weight excluding hydrogens is 244 g/mol. The number of thiazole rings is 1. The SMILES string of the molecule is CCCNc1ncc(-c2ccc(COC)cc2)s1. The lowest BCUT2D eigenvalue weighted by atomic mass is 10.1. The summed E-state index contributed by atoms with van der Waals surface area (Å²) in [6.45, 7) is 3.78. The van der Waals surface area contributed by atoms with Crippen molar-refractivity contribution in [2.24, 2.45) is 0 Å². The number of benzene rings is 1. The zero-order valence-electron chi connectivity index (χ0n) is 10.8. The minimum absolute atomic E-state index is 0.659. The Morgan fingerprint density at radius 2 is 2.06 bits per heavy atom. The Balaban J connectivity index is 2.08. The molecule has 2 aromatic rings. The highest BCUT2D eigenvalue weighted by atomic mass is 32.1. The first-order valence-corrected chi connectivity index (χ1v) is 6.93. The molecule has 4 heteroatoms. The smallest absolute Gasteiger partial charge is 0.183 e. The Morgan fingerprint density at radius 3 is 2.72 bits per heavy atom. The third-order valence-electron chi connectivity index (χ3n) is 2.58. The van der Waals surface area contributed by atoms with E-state index < -0.39 is 0 Å². The summed E-state index contributed by atoms with van der Waals surface area (Å²) in [5.74, 6) is 0. The van der Waals surface area contributed by atoms with E-state index >= 15 is 0 Å². The van der Waals surface area contributed by atoms with E-state index in [1.54, 1.807) is 18.4 Å². The highest BCUT2D eigenvalue weighted by Crippen LogP contribution is 2.29. The summed E-state index contributed by atoms with van der Waals surface area (Å²) in [5, 5.41) is 4.30. The summed E-state index contributed by atoms with van der Waals surface area (Å²) in [4.78, 5) is 5.56. The van der Waals surface area contributed by atoms with Crippen molar-refractivity contribution in [3.05, 3.63) is 36.0 Å². The monoisotopic (exact) mass is 262 g/mol. The Morgan fingerprint density at radius 1 is 1.28 bits per heavy atom. The van der Waals surface area contributed by atoms with Crippen LogP contribution < -0.4 is 5.32 Å². The van der Waals surface area contributed by atoms with Gasteiger partial charge in [0.05, 0.1) is 11.5 Å². The van der Waals surface area contributed by atoms with Crippen molar-refractivity contribution in [3.8, 4) is 10.4 Å². The topological polar surface area (TPSA) is 34.2 Å². The first-order chi connectivity index (χ1) is 8.83. The molecule has 0 radical (unpaired) electrons. The summed E-state index contributed by atoms with van der Waals surface area (Å²) in [6, 6.07) is 8.42. The van der Waals surface area contributed by atoms with Gasteiger partial charge in [0.2, 0.25) is 0 Å². The summed E-state index contributed by atoms with van der Waals surface area (Å²) in [6.07, 6.45) is 3.04. The van der Waals surface area contributed by atoms with Crippen LogP contribution in [0.5, 0.6) is 0 Å². The molecule has 0 saturated carbocycles. The number of aromatic nitrogens is 1. The van der Waals surface area contributed by atoms with Crippen molar-refractivity contribution in [2.45, 2.75) is 20.0 Å². The minimum Gasteiger partial charge on any atom is -0.380 e. The van der Waals surface area contributed by atoms with Gasteiger partial charge in [0.15, 0.2) is 5.13 Å². The van der Waals surface area contributed by atoms with Crippen LogP contribution in [-0.4, -0.2) is 18.6 Å². The number of rotatable bonds is 6. The molecule has 0 saturated heterocycles. The third-order valence-corrected chi connectivity index (χ3v) is 3.59. The molecule has 18 heavy (non-hydrogen) atoms. The summed E-state index contributed by atoms with van der Waals surface area (Å²) >= 11 is 1.69. The van der Waals surface area contributed by atoms with Gasteiger partial charge < -0.3 is 10.1 Å². The molecule has 0 amide bonds. The van der Waals surface area contributed by atoms with E-state index in [0.717, 1.165) is 18.1 Å². The maximum Gasteiger partial charge on any atom is 0.183 e. The fourth-order valence-corrected chi connectivity index (χ4v) is 2.50. The van der Waals surface area contributed by atoms with Gasteiger partial charge in [-0.05, 0) is 17.5 Å². The van der Waals surface area contributed by atoms with E-state index in [2.05, 4.69) is 41.5 Å². The molecule has 0 bridgehead atoms. The Hall–Kier alpha value is -1.39. The van der Waals surface area contributed by atoms with E-state index in [9.17, 15) is 0 Å². The number of methoxy groups -OCH3 is 1. The Kier molecular flexibility index (Phi) is 4.73. The summed E-state index contributed by atoms with van der Waals surface area (Å²) < 4.78 is 5.10. The number of hydrogen-bond acceptors (Lipinski definition) is 4. The average molecular weight is 262 g/mol. The molecule has 0 aliphatic carbocycles. The van der Waals surface area contributed by atoms with Gasteiger partial charge in [-0.1, -0.05) is 42.5 Å². The molecule has 0 aliphatic rings. The van der Waals surface area contributed by atoms with Crippen LogP contribution in [0.15, 0.2) is 30.5 Å². The predicted octanol–water partition coefficient (Wildman–Crippen LogP) is 3.78. The second kappa shape index (κ2) is 6.52. The first-order valence-electron chi connectivity index (χ1n) is 6.11. The van der Waals surface area contributed by atoms with Crippen molar-refractivity contribution in [3.63, 3.8) is 0 Å². The van der Waals surface area contributed by atoms with Crippen LogP contribution in [0.4, 0.5) is 5.13 Å². The molecule has 0 atom stereocenters. The van der Waals surface area contributed by atoms with Crippen molar-refractivity contribution < 1.29 is 4.74 Å². The van der Waals surface area contributed by atoms with Gasteiger partial charge in [-0.2, -0.15) is 0 Å². The predicted molar refractivity (Wildman–Crippen MR) is 77.0 cm³/mol. The van der Waals surface area contributed by atoms with Gasteiger partial charge in [0.1, 0.15) is 0 Å². The van der Waals surface area contributed by atoms with Gasteiger partial charge >= 0.3 is 0 Å². The van der Waals surface area contributed by atoms with E-state index in [-0.39, 0.29) is 0 Å². The lowest BCUT2D eigenvalue weighted by molar-refractivity contribution is 0.185. The Labute approximate surface area is 112 Å². The molecule has 1 aromatic carbocycles.